The third-order valence-corrected chi connectivity index (χ3v) is 8.34. The molecule has 8 nitrogen and oxygen atoms in total. The van der Waals surface area contributed by atoms with E-state index in [-0.39, 0.29) is 18.0 Å². The van der Waals surface area contributed by atoms with Gasteiger partial charge in [-0.1, -0.05) is 6.07 Å². The van der Waals surface area contributed by atoms with Gasteiger partial charge in [0.05, 0.1) is 30.4 Å². The van der Waals surface area contributed by atoms with Gasteiger partial charge in [0.2, 0.25) is 20.0 Å². The zero-order valence-electron chi connectivity index (χ0n) is 16.0. The number of hydrogen-bond donors (Lipinski definition) is 0. The Labute approximate surface area is 166 Å². The molecule has 0 atom stereocenters. The van der Waals surface area contributed by atoms with E-state index < -0.39 is 31.9 Å². The molecular weight excluding hydrogens is 409 g/mol. The fraction of sp³-hybridized carbons (Fsp3) is 0.647. The average Bonchev–Trinajstić information content (AvgIpc) is 2.58. The van der Waals surface area contributed by atoms with Gasteiger partial charge in [-0.15, -0.1) is 0 Å². The van der Waals surface area contributed by atoms with Crippen LogP contribution in [-0.2, 0) is 24.8 Å². The highest BCUT2D eigenvalue weighted by molar-refractivity contribution is 7.89. The van der Waals surface area contributed by atoms with Gasteiger partial charge in [-0.3, -0.25) is 4.90 Å². The van der Waals surface area contributed by atoms with Crippen LogP contribution in [0, 0.1) is 12.7 Å². The number of sulfonamides is 2. The number of morpholine rings is 1. The first kappa shape index (κ1) is 21.6. The molecule has 0 aromatic heterocycles. The Morgan fingerprint density at radius 3 is 2.39 bits per heavy atom. The van der Waals surface area contributed by atoms with Crippen LogP contribution in [-0.4, -0.2) is 95.1 Å². The monoisotopic (exact) mass is 435 g/mol. The van der Waals surface area contributed by atoms with Crippen molar-refractivity contribution in [3.63, 3.8) is 0 Å². The number of halogens is 1. The summed E-state index contributed by atoms with van der Waals surface area (Å²) in [6.07, 6.45) is 1.14. The minimum atomic E-state index is -3.84. The molecule has 0 spiro atoms. The summed E-state index contributed by atoms with van der Waals surface area (Å²) in [4.78, 5) is 2.01. The maximum absolute atomic E-state index is 13.7. The Bertz CT molecular complexity index is 911. The van der Waals surface area contributed by atoms with E-state index >= 15 is 0 Å². The van der Waals surface area contributed by atoms with Crippen molar-refractivity contribution in [1.82, 2.24) is 13.5 Å². The Hall–Kier alpha value is -1.11. The van der Waals surface area contributed by atoms with Crippen molar-refractivity contribution in [2.24, 2.45) is 0 Å². The molecule has 2 fully saturated rings. The number of aryl methyl sites for hydroxylation is 1. The fourth-order valence-electron chi connectivity index (χ4n) is 3.36. The lowest BCUT2D eigenvalue weighted by molar-refractivity contribution is 0.0330. The molecule has 158 valence electrons. The summed E-state index contributed by atoms with van der Waals surface area (Å²) in [6.45, 7) is 5.32. The Morgan fingerprint density at radius 2 is 1.82 bits per heavy atom. The number of benzene rings is 1. The van der Waals surface area contributed by atoms with Gasteiger partial charge < -0.3 is 4.74 Å². The topological polar surface area (TPSA) is 87.2 Å². The van der Waals surface area contributed by atoms with Crippen molar-refractivity contribution in [3.8, 4) is 0 Å². The molecule has 1 aromatic rings. The van der Waals surface area contributed by atoms with Gasteiger partial charge in [-0.05, 0) is 24.6 Å². The minimum Gasteiger partial charge on any atom is -0.379 e. The predicted molar refractivity (Wildman–Crippen MR) is 102 cm³/mol. The Kier molecular flexibility index (Phi) is 6.42. The van der Waals surface area contributed by atoms with Crippen LogP contribution >= 0.6 is 0 Å². The third-order valence-electron chi connectivity index (χ3n) is 5.18. The summed E-state index contributed by atoms with van der Waals surface area (Å²) in [7, 11) is -7.32. The Morgan fingerprint density at radius 1 is 1.18 bits per heavy atom. The molecule has 0 aliphatic carbocycles. The van der Waals surface area contributed by atoms with Gasteiger partial charge in [-0.2, -0.15) is 8.61 Å². The van der Waals surface area contributed by atoms with Gasteiger partial charge >= 0.3 is 0 Å². The second kappa shape index (κ2) is 8.33. The molecule has 0 bridgehead atoms. The van der Waals surface area contributed by atoms with Crippen LogP contribution in [0.25, 0.3) is 0 Å². The van der Waals surface area contributed by atoms with Gasteiger partial charge in [-0.25, -0.2) is 21.2 Å². The molecule has 0 amide bonds. The maximum atomic E-state index is 13.7. The summed E-state index contributed by atoms with van der Waals surface area (Å²) in [5, 5.41) is 0. The highest BCUT2D eigenvalue weighted by atomic mass is 32.2. The first-order chi connectivity index (χ1) is 13.1. The van der Waals surface area contributed by atoms with Crippen LogP contribution in [0.5, 0.6) is 0 Å². The summed E-state index contributed by atoms with van der Waals surface area (Å²) in [5.74, 6) is -0.582. The molecule has 0 unspecified atom stereocenters. The first-order valence-electron chi connectivity index (χ1n) is 9.12. The largest absolute Gasteiger partial charge is 0.379 e. The molecule has 0 saturated carbocycles. The van der Waals surface area contributed by atoms with Crippen molar-refractivity contribution in [2.75, 3.05) is 58.7 Å². The Balaban J connectivity index is 1.65. The summed E-state index contributed by atoms with van der Waals surface area (Å²) < 4.78 is 71.4. The molecular formula is C17H26FN3O5S2. The average molecular weight is 436 g/mol. The molecule has 3 rings (SSSR count). The zero-order chi connectivity index (χ0) is 20.5. The SMILES string of the molecule is Cc1ccc(S(=O)(=O)N2CC(N(CCN3CCOCC3)S(C)(=O)=O)C2)cc1F. The van der Waals surface area contributed by atoms with E-state index in [1.54, 1.807) is 6.92 Å². The molecule has 2 saturated heterocycles. The van der Waals surface area contributed by atoms with E-state index in [0.717, 1.165) is 25.4 Å². The molecule has 28 heavy (non-hydrogen) atoms. The highest BCUT2D eigenvalue weighted by Gasteiger charge is 2.42. The molecule has 11 heteroatoms. The van der Waals surface area contributed by atoms with Crippen LogP contribution in [0.2, 0.25) is 0 Å². The quantitative estimate of drug-likeness (QED) is 0.604. The summed E-state index contributed by atoms with van der Waals surface area (Å²) >= 11 is 0. The molecule has 2 aliphatic rings. The number of nitrogens with zero attached hydrogens (tertiary/aromatic N) is 3. The van der Waals surface area contributed by atoms with Crippen LogP contribution < -0.4 is 0 Å². The van der Waals surface area contributed by atoms with E-state index in [1.807, 2.05) is 0 Å². The van der Waals surface area contributed by atoms with Crippen molar-refractivity contribution < 1.29 is 26.0 Å². The molecule has 1 aromatic carbocycles. The van der Waals surface area contributed by atoms with Gasteiger partial charge in [0.1, 0.15) is 5.82 Å². The van der Waals surface area contributed by atoms with Crippen LogP contribution in [0.4, 0.5) is 4.39 Å². The smallest absolute Gasteiger partial charge is 0.243 e. The maximum Gasteiger partial charge on any atom is 0.243 e. The van der Waals surface area contributed by atoms with Gasteiger partial charge in [0, 0.05) is 39.3 Å². The number of hydrogen-bond acceptors (Lipinski definition) is 6. The zero-order valence-corrected chi connectivity index (χ0v) is 17.7. The van der Waals surface area contributed by atoms with Crippen LogP contribution in [0.3, 0.4) is 0 Å². The summed E-state index contributed by atoms with van der Waals surface area (Å²) in [6, 6.07) is 3.38. The third kappa shape index (κ3) is 4.71. The fourth-order valence-corrected chi connectivity index (χ4v) is 5.98. The molecule has 2 heterocycles. The molecule has 2 aliphatic heterocycles. The van der Waals surface area contributed by atoms with Gasteiger partial charge in [0.25, 0.3) is 0 Å². The molecule has 0 N–H and O–H groups in total. The van der Waals surface area contributed by atoms with Crippen molar-refractivity contribution >= 4 is 20.0 Å². The normalized spacial score (nSPS) is 20.4. The minimum absolute atomic E-state index is 0.0635. The van der Waals surface area contributed by atoms with Crippen molar-refractivity contribution in [1.29, 1.82) is 0 Å². The second-order valence-electron chi connectivity index (χ2n) is 7.21. The van der Waals surface area contributed by atoms with Gasteiger partial charge in [0.15, 0.2) is 0 Å². The highest BCUT2D eigenvalue weighted by Crippen LogP contribution is 2.26. The lowest BCUT2D eigenvalue weighted by Crippen LogP contribution is -2.62. The van der Waals surface area contributed by atoms with E-state index in [9.17, 15) is 21.2 Å². The predicted octanol–water partition coefficient (Wildman–Crippen LogP) is 0.101. The van der Waals surface area contributed by atoms with Crippen LogP contribution in [0.1, 0.15) is 5.56 Å². The van der Waals surface area contributed by atoms with E-state index in [1.165, 1.54) is 20.7 Å². The molecule has 0 radical (unpaired) electrons. The first-order valence-corrected chi connectivity index (χ1v) is 12.4. The second-order valence-corrected chi connectivity index (χ2v) is 11.1. The van der Waals surface area contributed by atoms with E-state index in [0.29, 0.717) is 31.9 Å². The number of rotatable bonds is 7. The van der Waals surface area contributed by atoms with Crippen molar-refractivity contribution in [3.05, 3.63) is 29.6 Å². The lowest BCUT2D eigenvalue weighted by Gasteiger charge is -2.43. The van der Waals surface area contributed by atoms with Crippen LogP contribution in [0.15, 0.2) is 23.1 Å². The van der Waals surface area contributed by atoms with E-state index in [4.69, 9.17) is 4.74 Å². The van der Waals surface area contributed by atoms with Crippen molar-refractivity contribution in [2.45, 2.75) is 17.9 Å². The lowest BCUT2D eigenvalue weighted by atomic mass is 10.2. The van der Waals surface area contributed by atoms with E-state index in [2.05, 4.69) is 4.90 Å². The standard InChI is InChI=1S/C17H26FN3O5S2/c1-14-3-4-16(11-17(14)18)28(24,25)20-12-15(13-20)21(27(2,22)23)6-5-19-7-9-26-10-8-19/h3-4,11,15H,5-10,12-13H2,1-2H3. The number of ether oxygens (including phenoxy) is 1. The summed E-state index contributed by atoms with van der Waals surface area (Å²) in [5.41, 5.74) is 0.367.